The van der Waals surface area contributed by atoms with Gasteiger partial charge in [0.25, 0.3) is 5.91 Å². The predicted octanol–water partition coefficient (Wildman–Crippen LogP) is 5.36. The first-order valence-corrected chi connectivity index (χ1v) is 16.7. The molecule has 4 aromatic rings. The van der Waals surface area contributed by atoms with E-state index < -0.39 is 5.60 Å². The fourth-order valence-corrected chi connectivity index (χ4v) is 6.93. The average molecular weight is 689 g/mol. The highest BCUT2D eigenvalue weighted by molar-refractivity contribution is 7.17. The van der Waals surface area contributed by atoms with Gasteiger partial charge in [-0.1, -0.05) is 41.6 Å². The van der Waals surface area contributed by atoms with E-state index in [1.54, 1.807) is 24.3 Å². The summed E-state index contributed by atoms with van der Waals surface area (Å²) in [6.45, 7) is 12.1. The summed E-state index contributed by atoms with van der Waals surface area (Å²) in [5.74, 6) is 1.31. The van der Waals surface area contributed by atoms with Crippen LogP contribution >= 0.6 is 22.9 Å². The van der Waals surface area contributed by atoms with E-state index >= 15 is 0 Å². The van der Waals surface area contributed by atoms with Gasteiger partial charge in [-0.05, 0) is 56.7 Å². The molecule has 6 rings (SSSR count). The highest BCUT2D eigenvalue weighted by Crippen LogP contribution is 2.39. The number of halogens is 1. The third-order valence-corrected chi connectivity index (χ3v) is 9.65. The van der Waals surface area contributed by atoms with Crippen molar-refractivity contribution < 1.29 is 19.4 Å². The van der Waals surface area contributed by atoms with E-state index in [0.717, 1.165) is 22.6 Å². The van der Waals surface area contributed by atoms with E-state index in [1.807, 2.05) is 44.2 Å². The van der Waals surface area contributed by atoms with Crippen molar-refractivity contribution >= 4 is 62.9 Å². The van der Waals surface area contributed by atoms with Crippen LogP contribution in [0.15, 0.2) is 61.4 Å². The van der Waals surface area contributed by atoms with Gasteiger partial charge in [-0.25, -0.2) is 15.0 Å². The predicted molar refractivity (Wildman–Crippen MR) is 190 cm³/mol. The minimum Gasteiger partial charge on any atom is -0.493 e. The molecule has 1 aromatic carbocycles. The number of rotatable bonds is 9. The van der Waals surface area contributed by atoms with Gasteiger partial charge >= 0.3 is 0 Å². The molecule has 2 saturated heterocycles. The number of nitrogens with one attached hydrogen (secondary N) is 2. The number of nitrogens with zero attached hydrogens (tertiary/aromatic N) is 6. The van der Waals surface area contributed by atoms with E-state index in [-0.39, 0.29) is 17.9 Å². The second-order valence-corrected chi connectivity index (χ2v) is 13.7. The van der Waals surface area contributed by atoms with Gasteiger partial charge in [-0.3, -0.25) is 9.59 Å². The standard InChI is InChI=1S/C34H37ClN8O4S/c1-6-28(44)41-12-13-43(21(3)17-41)31-25(42-18-34(4,46)19-42)14-22(15-36-31)24-10-11-26(47-5)30(38-24)40-33-37-16-27(48-33)32(45)39-29-20(2)8-7-9-23(29)35/h6-11,14-16,21,46H,1,12-13,17-19H2,2-5H3,(H,39,45)(H,37,38,40)/t21-/m1/s1. The summed E-state index contributed by atoms with van der Waals surface area (Å²) in [5, 5.41) is 17.6. The van der Waals surface area contributed by atoms with E-state index in [4.69, 9.17) is 26.3 Å². The van der Waals surface area contributed by atoms with Gasteiger partial charge in [0.2, 0.25) is 5.91 Å². The number of hydrogen-bond acceptors (Lipinski definition) is 11. The molecule has 0 aliphatic carbocycles. The van der Waals surface area contributed by atoms with E-state index in [2.05, 4.69) is 38.9 Å². The Balaban J connectivity index is 1.26. The molecule has 3 N–H and O–H groups in total. The number of piperazine rings is 1. The minimum atomic E-state index is -0.793. The van der Waals surface area contributed by atoms with Crippen molar-refractivity contribution in [3.63, 3.8) is 0 Å². The Labute approximate surface area is 288 Å². The third kappa shape index (κ3) is 6.80. The molecule has 14 heteroatoms. The SMILES string of the molecule is C=CC(=O)N1CCN(c2ncc(-c3ccc(OC)c(Nc4ncc(C(=O)Nc5c(C)cccc5Cl)s4)n3)cc2N2CC(C)(O)C2)[C@H](C)C1. The molecule has 2 aliphatic heterocycles. The first-order chi connectivity index (χ1) is 23.0. The lowest BCUT2D eigenvalue weighted by atomic mass is 9.95. The molecule has 2 aliphatic rings. The Morgan fingerprint density at radius 2 is 1.98 bits per heavy atom. The van der Waals surface area contributed by atoms with Gasteiger partial charge in [-0.15, -0.1) is 0 Å². The summed E-state index contributed by atoms with van der Waals surface area (Å²) in [5.41, 5.74) is 2.91. The van der Waals surface area contributed by atoms with Crippen molar-refractivity contribution in [2.45, 2.75) is 32.4 Å². The number of benzene rings is 1. The number of methoxy groups -OCH3 is 1. The fraction of sp³-hybridized carbons (Fsp3) is 0.324. The molecule has 1 atom stereocenters. The first kappa shape index (κ1) is 33.2. The highest BCUT2D eigenvalue weighted by Gasteiger charge is 2.39. The van der Waals surface area contributed by atoms with Crippen molar-refractivity contribution in [1.82, 2.24) is 19.9 Å². The number of ether oxygens (including phenoxy) is 1. The zero-order valence-corrected chi connectivity index (χ0v) is 28.7. The number of pyridine rings is 2. The second kappa shape index (κ2) is 13.4. The van der Waals surface area contributed by atoms with Crippen LogP contribution in [-0.4, -0.2) is 88.2 Å². The van der Waals surface area contributed by atoms with Crippen LogP contribution in [0.25, 0.3) is 11.3 Å². The zero-order valence-electron chi connectivity index (χ0n) is 27.2. The molecule has 2 amide bonds. The maximum Gasteiger partial charge on any atom is 0.267 e. The van der Waals surface area contributed by atoms with Crippen molar-refractivity contribution in [1.29, 1.82) is 0 Å². The Morgan fingerprint density at radius 1 is 1.19 bits per heavy atom. The van der Waals surface area contributed by atoms with Crippen molar-refractivity contribution in [2.24, 2.45) is 0 Å². The number of carbonyl (C=O) groups excluding carboxylic acids is 2. The van der Waals surface area contributed by atoms with Crippen LogP contribution in [0, 0.1) is 6.92 Å². The largest absolute Gasteiger partial charge is 0.493 e. The van der Waals surface area contributed by atoms with Gasteiger partial charge < -0.3 is 35.2 Å². The van der Waals surface area contributed by atoms with E-state index in [1.165, 1.54) is 23.6 Å². The number of aromatic nitrogens is 3. The Kier molecular flexibility index (Phi) is 9.28. The van der Waals surface area contributed by atoms with Crippen molar-refractivity contribution in [3.05, 3.63) is 76.9 Å². The Morgan fingerprint density at radius 3 is 2.67 bits per heavy atom. The van der Waals surface area contributed by atoms with Gasteiger partial charge in [0.05, 0.1) is 41.0 Å². The summed E-state index contributed by atoms with van der Waals surface area (Å²) < 4.78 is 5.59. The molecule has 0 radical (unpaired) electrons. The zero-order chi connectivity index (χ0) is 34.2. The molecule has 0 bridgehead atoms. The average Bonchev–Trinajstić information content (AvgIpc) is 3.53. The number of anilines is 5. The van der Waals surface area contributed by atoms with Gasteiger partial charge in [0.15, 0.2) is 22.5 Å². The number of β-amino-alcohol motifs (C(OH)–C–C–N with tert-alkyl or cyclic N) is 1. The molecule has 2 fully saturated rings. The Bertz CT molecular complexity index is 1850. The summed E-state index contributed by atoms with van der Waals surface area (Å²) >= 11 is 7.48. The van der Waals surface area contributed by atoms with Gasteiger partial charge in [0.1, 0.15) is 4.88 Å². The monoisotopic (exact) mass is 688 g/mol. The summed E-state index contributed by atoms with van der Waals surface area (Å²) in [6, 6.07) is 11.2. The number of carbonyl (C=O) groups is 2. The number of aryl methyl sites for hydroxylation is 1. The molecule has 0 spiro atoms. The lowest BCUT2D eigenvalue weighted by molar-refractivity contribution is -0.126. The molecular weight excluding hydrogens is 652 g/mol. The second-order valence-electron chi connectivity index (χ2n) is 12.2. The number of amides is 2. The highest BCUT2D eigenvalue weighted by atomic mass is 35.5. The number of thiazole rings is 1. The lowest BCUT2D eigenvalue weighted by Gasteiger charge is -2.48. The third-order valence-electron chi connectivity index (χ3n) is 8.43. The van der Waals surface area contributed by atoms with Gasteiger partial charge in [0, 0.05) is 50.5 Å². The van der Waals surface area contributed by atoms with E-state index in [9.17, 15) is 14.7 Å². The molecule has 3 aromatic heterocycles. The van der Waals surface area contributed by atoms with Crippen LogP contribution in [0.2, 0.25) is 5.02 Å². The van der Waals surface area contributed by atoms with Crippen LogP contribution in [0.3, 0.4) is 0 Å². The number of para-hydroxylation sites is 1. The maximum absolute atomic E-state index is 13.0. The van der Waals surface area contributed by atoms with Crippen LogP contribution < -0.4 is 25.2 Å². The van der Waals surface area contributed by atoms with Crippen LogP contribution in [0.4, 0.5) is 28.1 Å². The molecule has 48 heavy (non-hydrogen) atoms. The number of hydrogen-bond donors (Lipinski definition) is 3. The molecule has 12 nitrogen and oxygen atoms in total. The summed E-state index contributed by atoms with van der Waals surface area (Å²) in [4.78, 5) is 45.9. The maximum atomic E-state index is 13.0. The quantitative estimate of drug-likeness (QED) is 0.197. The van der Waals surface area contributed by atoms with Crippen LogP contribution in [-0.2, 0) is 4.79 Å². The topological polar surface area (TPSA) is 136 Å². The molecule has 0 saturated carbocycles. The molecule has 250 valence electrons. The Hall–Kier alpha value is -4.72. The van der Waals surface area contributed by atoms with Crippen molar-refractivity contribution in [2.75, 3.05) is 60.3 Å². The van der Waals surface area contributed by atoms with Crippen LogP contribution in [0.5, 0.6) is 5.75 Å². The number of aliphatic hydroxyl groups is 1. The molecule has 0 unspecified atom stereocenters. The molecule has 5 heterocycles. The summed E-state index contributed by atoms with van der Waals surface area (Å²) in [7, 11) is 1.56. The van der Waals surface area contributed by atoms with E-state index in [0.29, 0.717) is 70.7 Å². The fourth-order valence-electron chi connectivity index (χ4n) is 5.95. The molecular formula is C34H37ClN8O4S. The van der Waals surface area contributed by atoms with Gasteiger partial charge in [-0.2, -0.15) is 0 Å². The normalized spacial score (nSPS) is 17.0. The smallest absolute Gasteiger partial charge is 0.267 e. The minimum absolute atomic E-state index is 0.0235. The lowest BCUT2D eigenvalue weighted by Crippen LogP contribution is -2.61. The van der Waals surface area contributed by atoms with Crippen LogP contribution in [0.1, 0.15) is 29.1 Å². The first-order valence-electron chi connectivity index (χ1n) is 15.5. The summed E-state index contributed by atoms with van der Waals surface area (Å²) in [6.07, 6.45) is 4.63. The van der Waals surface area contributed by atoms with Crippen molar-refractivity contribution in [3.8, 4) is 17.0 Å².